The van der Waals surface area contributed by atoms with Crippen molar-refractivity contribution in [1.82, 2.24) is 4.90 Å². The van der Waals surface area contributed by atoms with Crippen LogP contribution in [-0.2, 0) is 21.5 Å². The van der Waals surface area contributed by atoms with E-state index in [4.69, 9.17) is 4.74 Å². The molecule has 1 heterocycles. The largest absolute Gasteiger partial charge is 0.469 e. The van der Waals surface area contributed by atoms with Crippen LogP contribution in [0.4, 0.5) is 0 Å². The number of fused-ring (bicyclic) bond motifs is 1. The van der Waals surface area contributed by atoms with E-state index >= 15 is 0 Å². The fraction of sp³-hybridized carbons (Fsp3) is 0.375. The maximum Gasteiger partial charge on any atom is 0.314 e. The second kappa shape index (κ2) is 7.64. The van der Waals surface area contributed by atoms with E-state index in [9.17, 15) is 4.79 Å². The molecule has 0 radical (unpaired) electrons. The molecule has 0 spiro atoms. The number of carbonyl (C=O) groups excluding carboxylic acids is 1. The Hall–Kier alpha value is -1.66. The van der Waals surface area contributed by atoms with Crippen LogP contribution in [0.15, 0.2) is 70.3 Å². The lowest BCUT2D eigenvalue weighted by Gasteiger charge is -2.50. The fourth-order valence-corrected chi connectivity index (χ4v) is 6.16. The lowest BCUT2D eigenvalue weighted by Crippen LogP contribution is -2.56. The van der Waals surface area contributed by atoms with Crippen LogP contribution in [0.1, 0.15) is 24.5 Å². The van der Waals surface area contributed by atoms with Gasteiger partial charge in [-0.3, -0.25) is 9.69 Å². The van der Waals surface area contributed by atoms with Gasteiger partial charge in [0.1, 0.15) is 0 Å². The first kappa shape index (κ1) is 19.6. The lowest BCUT2D eigenvalue weighted by atomic mass is 9.53. The van der Waals surface area contributed by atoms with E-state index < -0.39 is 5.41 Å². The van der Waals surface area contributed by atoms with Crippen LogP contribution in [0.25, 0.3) is 0 Å². The average Bonchev–Trinajstić information content (AvgIpc) is 3.13. The van der Waals surface area contributed by atoms with Gasteiger partial charge < -0.3 is 4.74 Å². The zero-order chi connectivity index (χ0) is 19.8. The van der Waals surface area contributed by atoms with Gasteiger partial charge in [-0.05, 0) is 43.7 Å². The molecule has 2 aliphatic rings. The molecule has 28 heavy (non-hydrogen) atoms. The van der Waals surface area contributed by atoms with E-state index in [1.807, 2.05) is 12.1 Å². The minimum absolute atomic E-state index is 0.0818. The van der Waals surface area contributed by atoms with Gasteiger partial charge in [0.05, 0.1) is 12.5 Å². The van der Waals surface area contributed by atoms with Crippen LogP contribution in [0.5, 0.6) is 0 Å². The highest BCUT2D eigenvalue weighted by Crippen LogP contribution is 2.60. The summed E-state index contributed by atoms with van der Waals surface area (Å²) in [6.45, 7) is 4.69. The van der Waals surface area contributed by atoms with Crippen LogP contribution in [0.3, 0.4) is 0 Å². The Bertz CT molecular complexity index is 882. The third-order valence-electron chi connectivity index (χ3n) is 6.74. The molecule has 1 aliphatic heterocycles. The van der Waals surface area contributed by atoms with Gasteiger partial charge in [0.25, 0.3) is 0 Å². The molecule has 0 saturated carbocycles. The molecule has 2 aromatic rings. The first-order chi connectivity index (χ1) is 13.5. The number of likely N-dealkylation sites (tertiary alicyclic amines) is 1. The molecular weight excluding hydrogens is 461 g/mol. The standard InChI is InChI=1S/C24H26INO2/c1-23(19-11-7-4-8-12-19)14-13-21(25)20-16-26(15-18-9-5-3-6-10-18)17-24(20,23)22(27)28-2/h3-13,20H,14-17H2,1-2H3. The number of allylic oxidation sites excluding steroid dienone is 1. The topological polar surface area (TPSA) is 29.5 Å². The Morgan fingerprint density at radius 3 is 2.43 bits per heavy atom. The summed E-state index contributed by atoms with van der Waals surface area (Å²) in [7, 11) is 1.53. The van der Waals surface area contributed by atoms with Crippen LogP contribution in [0, 0.1) is 11.3 Å². The Morgan fingerprint density at radius 2 is 1.79 bits per heavy atom. The summed E-state index contributed by atoms with van der Waals surface area (Å²) in [5.74, 6) is 0.0740. The molecule has 4 rings (SSSR count). The van der Waals surface area contributed by atoms with Crippen molar-refractivity contribution in [3.05, 3.63) is 81.4 Å². The summed E-state index contributed by atoms with van der Waals surface area (Å²) >= 11 is 2.44. The number of carbonyl (C=O) groups is 1. The van der Waals surface area contributed by atoms with Crippen LogP contribution in [-0.4, -0.2) is 31.1 Å². The Labute approximate surface area is 180 Å². The highest BCUT2D eigenvalue weighted by molar-refractivity contribution is 14.1. The number of halogens is 1. The van der Waals surface area contributed by atoms with Crippen molar-refractivity contribution in [3.8, 4) is 0 Å². The number of ether oxygens (including phenoxy) is 1. The average molecular weight is 487 g/mol. The zero-order valence-electron chi connectivity index (χ0n) is 16.4. The minimum Gasteiger partial charge on any atom is -0.469 e. The molecule has 3 nitrogen and oxygen atoms in total. The van der Waals surface area contributed by atoms with Gasteiger partial charge in [0.2, 0.25) is 0 Å². The molecule has 1 fully saturated rings. The van der Waals surface area contributed by atoms with E-state index in [2.05, 4.69) is 89.0 Å². The van der Waals surface area contributed by atoms with Crippen molar-refractivity contribution < 1.29 is 9.53 Å². The van der Waals surface area contributed by atoms with Crippen LogP contribution in [0.2, 0.25) is 0 Å². The summed E-state index contributed by atoms with van der Waals surface area (Å²) in [6, 6.07) is 21.0. The summed E-state index contributed by atoms with van der Waals surface area (Å²) in [6.07, 6.45) is 3.17. The monoisotopic (exact) mass is 487 g/mol. The smallest absolute Gasteiger partial charge is 0.314 e. The zero-order valence-corrected chi connectivity index (χ0v) is 18.6. The summed E-state index contributed by atoms with van der Waals surface area (Å²) < 4.78 is 6.75. The molecule has 3 atom stereocenters. The van der Waals surface area contributed by atoms with Gasteiger partial charge in [0, 0.05) is 31.0 Å². The Morgan fingerprint density at radius 1 is 1.14 bits per heavy atom. The van der Waals surface area contributed by atoms with Gasteiger partial charge in [-0.1, -0.05) is 73.7 Å². The normalized spacial score (nSPS) is 29.8. The molecule has 0 amide bonds. The molecule has 0 N–H and O–H groups in total. The quantitative estimate of drug-likeness (QED) is 0.451. The molecule has 0 aromatic heterocycles. The second-order valence-electron chi connectivity index (χ2n) is 8.16. The van der Waals surface area contributed by atoms with Crippen molar-refractivity contribution in [2.75, 3.05) is 20.2 Å². The van der Waals surface area contributed by atoms with Gasteiger partial charge in [0.15, 0.2) is 0 Å². The van der Waals surface area contributed by atoms with E-state index in [0.29, 0.717) is 6.54 Å². The van der Waals surface area contributed by atoms with Crippen molar-refractivity contribution in [2.24, 2.45) is 11.3 Å². The molecule has 2 aromatic carbocycles. The van der Waals surface area contributed by atoms with Crippen molar-refractivity contribution in [1.29, 1.82) is 0 Å². The van der Waals surface area contributed by atoms with Crippen LogP contribution < -0.4 is 0 Å². The third kappa shape index (κ3) is 3.01. The summed E-state index contributed by atoms with van der Waals surface area (Å²) in [5, 5.41) is 0. The molecule has 3 unspecified atom stereocenters. The van der Waals surface area contributed by atoms with Crippen molar-refractivity contribution >= 4 is 28.6 Å². The lowest BCUT2D eigenvalue weighted by molar-refractivity contribution is -0.159. The molecule has 0 bridgehead atoms. The molecule has 1 saturated heterocycles. The van der Waals surface area contributed by atoms with Gasteiger partial charge >= 0.3 is 5.97 Å². The molecule has 4 heteroatoms. The number of hydrogen-bond donors (Lipinski definition) is 0. The molecule has 1 aliphatic carbocycles. The highest BCUT2D eigenvalue weighted by atomic mass is 127. The first-order valence-electron chi connectivity index (χ1n) is 9.77. The SMILES string of the molecule is COC(=O)C12CN(Cc3ccccc3)CC1C(I)=CCC2(C)c1ccccc1. The number of hydrogen-bond acceptors (Lipinski definition) is 3. The summed E-state index contributed by atoms with van der Waals surface area (Å²) in [5.41, 5.74) is 1.61. The minimum atomic E-state index is -0.580. The number of nitrogens with zero attached hydrogens (tertiary/aromatic N) is 1. The second-order valence-corrected chi connectivity index (χ2v) is 9.41. The highest BCUT2D eigenvalue weighted by Gasteiger charge is 2.65. The maximum absolute atomic E-state index is 13.4. The van der Waals surface area contributed by atoms with E-state index in [-0.39, 0.29) is 17.3 Å². The van der Waals surface area contributed by atoms with E-state index in [0.717, 1.165) is 19.5 Å². The molecule has 146 valence electrons. The number of methoxy groups -OCH3 is 1. The predicted octanol–water partition coefficient (Wildman–Crippen LogP) is 4.96. The number of esters is 1. The Balaban J connectivity index is 1.79. The van der Waals surface area contributed by atoms with Gasteiger partial charge in [-0.2, -0.15) is 0 Å². The number of rotatable bonds is 4. The van der Waals surface area contributed by atoms with Crippen molar-refractivity contribution in [2.45, 2.75) is 25.3 Å². The Kier molecular flexibility index (Phi) is 5.36. The van der Waals surface area contributed by atoms with Crippen molar-refractivity contribution in [3.63, 3.8) is 0 Å². The number of benzene rings is 2. The maximum atomic E-state index is 13.4. The van der Waals surface area contributed by atoms with Gasteiger partial charge in [-0.25, -0.2) is 0 Å². The van der Waals surface area contributed by atoms with E-state index in [1.54, 1.807) is 0 Å². The summed E-state index contributed by atoms with van der Waals surface area (Å²) in [4.78, 5) is 15.8. The van der Waals surface area contributed by atoms with E-state index in [1.165, 1.54) is 21.8 Å². The van der Waals surface area contributed by atoms with Crippen LogP contribution >= 0.6 is 22.6 Å². The van der Waals surface area contributed by atoms with Gasteiger partial charge in [-0.15, -0.1) is 0 Å². The molecular formula is C24H26INO2. The predicted molar refractivity (Wildman–Crippen MR) is 120 cm³/mol. The third-order valence-corrected chi connectivity index (χ3v) is 7.93. The first-order valence-corrected chi connectivity index (χ1v) is 10.8. The fourth-order valence-electron chi connectivity index (χ4n) is 5.21.